The highest BCUT2D eigenvalue weighted by Gasteiger charge is 2.48. The molecule has 0 radical (unpaired) electrons. The summed E-state index contributed by atoms with van der Waals surface area (Å²) in [5.41, 5.74) is 6.03. The Bertz CT molecular complexity index is 1040. The van der Waals surface area contributed by atoms with Gasteiger partial charge in [-0.1, -0.05) is 44.9 Å². The third-order valence-corrected chi connectivity index (χ3v) is 7.52. The number of nitrogens with zero attached hydrogens (tertiary/aromatic N) is 1. The first-order chi connectivity index (χ1) is 19.6. The van der Waals surface area contributed by atoms with Crippen LogP contribution < -0.4 is 11.1 Å². The van der Waals surface area contributed by atoms with E-state index in [0.29, 0.717) is 49.6 Å². The number of benzene rings is 1. The van der Waals surface area contributed by atoms with Crippen LogP contribution in [0.1, 0.15) is 71.8 Å². The second kappa shape index (κ2) is 17.4. The molecule has 2 rings (SSSR count). The van der Waals surface area contributed by atoms with Crippen LogP contribution >= 0.6 is 0 Å². The van der Waals surface area contributed by atoms with Crippen LogP contribution in [0.3, 0.4) is 0 Å². The molecule has 0 saturated carbocycles. The number of hydrogen-bond acceptors (Lipinski definition) is 5. The molecule has 0 spiro atoms. The molecule has 3 atom stereocenters. The van der Waals surface area contributed by atoms with Crippen LogP contribution in [-0.4, -0.2) is 67.3 Å². The van der Waals surface area contributed by atoms with Gasteiger partial charge in [-0.15, -0.1) is 0 Å². The third kappa shape index (κ3) is 10.3. The highest BCUT2D eigenvalue weighted by Crippen LogP contribution is 2.44. The summed E-state index contributed by atoms with van der Waals surface area (Å²) in [4.78, 5) is 28.7. The fourth-order valence-electron chi connectivity index (χ4n) is 5.60. The molecule has 7 nitrogen and oxygen atoms in total. The van der Waals surface area contributed by atoms with Gasteiger partial charge in [0.25, 0.3) is 0 Å². The number of unbranched alkanes of at least 4 members (excludes halogenated alkanes) is 1. The van der Waals surface area contributed by atoms with E-state index < -0.39 is 35.0 Å². The summed E-state index contributed by atoms with van der Waals surface area (Å²) in [5, 5.41) is 14.7. The van der Waals surface area contributed by atoms with Crippen LogP contribution in [0.4, 0.5) is 8.78 Å². The van der Waals surface area contributed by atoms with Gasteiger partial charge in [-0.25, -0.2) is 8.78 Å². The van der Waals surface area contributed by atoms with Crippen LogP contribution in [0, 0.1) is 23.0 Å². The molecule has 0 saturated heterocycles. The van der Waals surface area contributed by atoms with Crippen molar-refractivity contribution in [1.82, 2.24) is 10.2 Å². The van der Waals surface area contributed by atoms with Crippen molar-refractivity contribution in [3.05, 3.63) is 58.7 Å². The predicted octanol–water partition coefficient (Wildman–Crippen LogP) is 4.68. The SMILES string of the molecule is CCCCOCCCNC[C@H](O)[C@@H](Cc1cc(F)cc(F)c1)C1(C(N)=O)C=C(C)C=C(C(=O)N(CCC)CCC)C1. The van der Waals surface area contributed by atoms with Crippen molar-refractivity contribution in [2.24, 2.45) is 17.1 Å². The number of halogens is 2. The largest absolute Gasteiger partial charge is 0.391 e. The standard InChI is InChI=1S/C32H49F2N3O4/c1-5-8-13-41-14-9-10-36-22-29(38)28(18-24-16-26(33)19-27(34)17-24)32(31(35)40)20-23(4)15-25(21-32)30(39)37(11-6-2)12-7-3/h15-17,19-20,28-29,36,38H,5-14,18,21-22H2,1-4H3,(H2,35,40)/t28-,29+,32?/m1/s1. The lowest BCUT2D eigenvalue weighted by Gasteiger charge is -2.42. The Kier molecular flexibility index (Phi) is 14.6. The number of rotatable bonds is 19. The number of allylic oxidation sites excluding steroid dienone is 2. The zero-order chi connectivity index (χ0) is 30.4. The van der Waals surface area contributed by atoms with Gasteiger partial charge in [0.15, 0.2) is 0 Å². The van der Waals surface area contributed by atoms with Crippen molar-refractivity contribution < 1.29 is 28.2 Å². The summed E-state index contributed by atoms with van der Waals surface area (Å²) in [5.74, 6) is -3.21. The van der Waals surface area contributed by atoms with E-state index in [4.69, 9.17) is 10.5 Å². The number of hydrogen-bond donors (Lipinski definition) is 3. The van der Waals surface area contributed by atoms with Gasteiger partial charge in [0.1, 0.15) is 11.6 Å². The molecule has 9 heteroatoms. The molecule has 4 N–H and O–H groups in total. The molecular weight excluding hydrogens is 528 g/mol. The maximum atomic E-state index is 14.1. The predicted molar refractivity (Wildman–Crippen MR) is 158 cm³/mol. The first-order valence-electron chi connectivity index (χ1n) is 15.0. The van der Waals surface area contributed by atoms with E-state index in [1.165, 1.54) is 12.1 Å². The molecule has 2 amide bonds. The number of ether oxygens (including phenoxy) is 1. The van der Waals surface area contributed by atoms with Gasteiger partial charge in [0.2, 0.25) is 11.8 Å². The average molecular weight is 578 g/mol. The second-order valence-electron chi connectivity index (χ2n) is 11.1. The lowest BCUT2D eigenvalue weighted by molar-refractivity contribution is -0.132. The fourth-order valence-corrected chi connectivity index (χ4v) is 5.60. The Morgan fingerprint density at radius 3 is 2.29 bits per heavy atom. The number of carbonyl (C=O) groups is 2. The Morgan fingerprint density at radius 1 is 1.07 bits per heavy atom. The topological polar surface area (TPSA) is 105 Å². The second-order valence-corrected chi connectivity index (χ2v) is 11.1. The molecule has 1 aromatic rings. The van der Waals surface area contributed by atoms with Gasteiger partial charge in [-0.3, -0.25) is 9.59 Å². The van der Waals surface area contributed by atoms with Crippen molar-refractivity contribution in [3.8, 4) is 0 Å². The van der Waals surface area contributed by atoms with Crippen LogP contribution in [0.5, 0.6) is 0 Å². The minimum absolute atomic E-state index is 0.00672. The smallest absolute Gasteiger partial charge is 0.249 e. The maximum absolute atomic E-state index is 14.1. The highest BCUT2D eigenvalue weighted by atomic mass is 19.1. The van der Waals surface area contributed by atoms with Crippen molar-refractivity contribution in [2.45, 2.75) is 78.7 Å². The number of primary amides is 1. The van der Waals surface area contributed by atoms with Crippen molar-refractivity contribution in [1.29, 1.82) is 0 Å². The number of aliphatic hydroxyl groups excluding tert-OH is 1. The lowest BCUT2D eigenvalue weighted by atomic mass is 9.63. The van der Waals surface area contributed by atoms with Crippen LogP contribution in [-0.2, 0) is 20.7 Å². The number of nitrogens with one attached hydrogen (secondary N) is 1. The van der Waals surface area contributed by atoms with Crippen molar-refractivity contribution in [2.75, 3.05) is 39.4 Å². The zero-order valence-electron chi connectivity index (χ0n) is 25.2. The first-order valence-corrected chi connectivity index (χ1v) is 15.0. The van der Waals surface area contributed by atoms with Crippen LogP contribution in [0.25, 0.3) is 0 Å². The Hall–Kier alpha value is -2.62. The third-order valence-electron chi connectivity index (χ3n) is 7.52. The van der Waals surface area contributed by atoms with E-state index in [1.54, 1.807) is 24.0 Å². The molecule has 230 valence electrons. The van der Waals surface area contributed by atoms with Crippen LogP contribution in [0.2, 0.25) is 0 Å². The summed E-state index contributed by atoms with van der Waals surface area (Å²) in [6.07, 6.45) is 6.74. The van der Waals surface area contributed by atoms with E-state index in [0.717, 1.165) is 38.2 Å². The Balaban J connectivity index is 2.37. The molecule has 1 aliphatic carbocycles. The molecule has 1 unspecified atom stereocenters. The van der Waals surface area contributed by atoms with Gasteiger partial charge < -0.3 is 25.8 Å². The molecule has 0 fully saturated rings. The van der Waals surface area contributed by atoms with E-state index in [2.05, 4.69) is 12.2 Å². The summed E-state index contributed by atoms with van der Waals surface area (Å²) >= 11 is 0. The minimum atomic E-state index is -1.44. The normalized spacial score (nSPS) is 18.4. The molecule has 0 aliphatic heterocycles. The monoisotopic (exact) mass is 577 g/mol. The molecule has 0 aromatic heterocycles. The zero-order valence-corrected chi connectivity index (χ0v) is 25.2. The summed E-state index contributed by atoms with van der Waals surface area (Å²) in [6, 6.07) is 3.18. The quantitative estimate of drug-likeness (QED) is 0.207. The van der Waals surface area contributed by atoms with Crippen LogP contribution in [0.15, 0.2) is 41.5 Å². The minimum Gasteiger partial charge on any atom is -0.391 e. The fraction of sp³-hybridized carbons (Fsp3) is 0.625. The van der Waals surface area contributed by atoms with Gasteiger partial charge in [-0.05, 0) is 69.7 Å². The molecule has 1 aromatic carbocycles. The molecule has 1 aliphatic rings. The Morgan fingerprint density at radius 2 is 1.71 bits per heavy atom. The summed E-state index contributed by atoms with van der Waals surface area (Å²) < 4.78 is 33.9. The van der Waals surface area contributed by atoms with E-state index in [9.17, 15) is 23.5 Å². The van der Waals surface area contributed by atoms with E-state index >= 15 is 0 Å². The summed E-state index contributed by atoms with van der Waals surface area (Å²) in [6.45, 7) is 11.1. The van der Waals surface area contributed by atoms with Gasteiger partial charge in [-0.2, -0.15) is 0 Å². The highest BCUT2D eigenvalue weighted by molar-refractivity contribution is 5.96. The number of aliphatic hydroxyl groups is 1. The van der Waals surface area contributed by atoms with Gasteiger partial charge >= 0.3 is 0 Å². The number of carbonyl (C=O) groups excluding carboxylic acids is 2. The van der Waals surface area contributed by atoms with E-state index in [-0.39, 0.29) is 25.3 Å². The molecule has 0 bridgehead atoms. The average Bonchev–Trinajstić information content (AvgIpc) is 2.91. The lowest BCUT2D eigenvalue weighted by Crippen LogP contribution is -2.52. The molecule has 0 heterocycles. The van der Waals surface area contributed by atoms with Gasteiger partial charge in [0, 0.05) is 50.4 Å². The maximum Gasteiger partial charge on any atom is 0.249 e. The number of amides is 2. The van der Waals surface area contributed by atoms with Crippen molar-refractivity contribution in [3.63, 3.8) is 0 Å². The number of nitrogens with two attached hydrogens (primary N) is 1. The Labute approximate surface area is 244 Å². The first kappa shape index (κ1) is 34.6. The molecule has 41 heavy (non-hydrogen) atoms. The van der Waals surface area contributed by atoms with Crippen molar-refractivity contribution >= 4 is 11.8 Å². The van der Waals surface area contributed by atoms with Gasteiger partial charge in [0.05, 0.1) is 11.5 Å². The summed E-state index contributed by atoms with van der Waals surface area (Å²) in [7, 11) is 0. The van der Waals surface area contributed by atoms with E-state index in [1.807, 2.05) is 13.8 Å². The molecular formula is C32H49F2N3O4.